The molecule has 0 saturated heterocycles. The summed E-state index contributed by atoms with van der Waals surface area (Å²) in [5.74, 6) is 1.47. The maximum Gasteiger partial charge on any atom is 0.136 e. The van der Waals surface area contributed by atoms with Gasteiger partial charge in [-0.2, -0.15) is 0 Å². The van der Waals surface area contributed by atoms with Crippen molar-refractivity contribution in [2.75, 3.05) is 0 Å². The topological polar surface area (TPSA) is 17.1 Å². The largest absolute Gasteiger partial charge is 0.299 e. The van der Waals surface area contributed by atoms with Crippen LogP contribution in [0.1, 0.15) is 32.6 Å². The Morgan fingerprint density at radius 2 is 1.88 bits per heavy atom. The minimum Gasteiger partial charge on any atom is -0.299 e. The first-order valence-electron chi connectivity index (χ1n) is 3.16. The van der Waals surface area contributed by atoms with Crippen LogP contribution in [0.3, 0.4) is 0 Å². The molecule has 1 rings (SSSR count). The van der Waals surface area contributed by atoms with E-state index in [1.807, 2.05) is 0 Å². The summed E-state index contributed by atoms with van der Waals surface area (Å²) in [6.45, 7) is 1.67. The number of hydrogen-bond acceptors (Lipinski definition) is 1. The minimum atomic E-state index is 0.308. The summed E-state index contributed by atoms with van der Waals surface area (Å²) in [5.41, 5.74) is 0. The Labute approximate surface area is 50.1 Å². The van der Waals surface area contributed by atoms with E-state index in [4.69, 9.17) is 0 Å². The first-order valence-corrected chi connectivity index (χ1v) is 3.16. The van der Waals surface area contributed by atoms with E-state index in [2.05, 4.69) is 0 Å². The summed E-state index contributed by atoms with van der Waals surface area (Å²) in [4.78, 5) is 10.6. The Morgan fingerprint density at radius 3 is 2.12 bits per heavy atom. The van der Waals surface area contributed by atoms with Gasteiger partial charge < -0.3 is 0 Å². The lowest BCUT2D eigenvalue weighted by atomic mass is 10.0. The van der Waals surface area contributed by atoms with E-state index >= 15 is 0 Å². The molecule has 0 bridgehead atoms. The van der Waals surface area contributed by atoms with Crippen molar-refractivity contribution in [2.24, 2.45) is 0 Å². The van der Waals surface area contributed by atoms with Crippen LogP contribution in [0, 0.1) is 5.92 Å². The Morgan fingerprint density at radius 1 is 1.38 bits per heavy atom. The van der Waals surface area contributed by atoms with E-state index in [1.165, 1.54) is 12.8 Å². The smallest absolute Gasteiger partial charge is 0.136 e. The summed E-state index contributed by atoms with van der Waals surface area (Å²) < 4.78 is 0. The lowest BCUT2D eigenvalue weighted by Gasteiger charge is -1.98. The molecular formula is C7H11O. The maximum atomic E-state index is 10.6. The van der Waals surface area contributed by atoms with Gasteiger partial charge in [0.25, 0.3) is 0 Å². The van der Waals surface area contributed by atoms with E-state index in [0.29, 0.717) is 5.78 Å². The molecule has 0 aromatic heterocycles. The van der Waals surface area contributed by atoms with Gasteiger partial charge in [-0.15, -0.1) is 0 Å². The Bertz CT molecular complexity index is 90.6. The van der Waals surface area contributed by atoms with Gasteiger partial charge >= 0.3 is 0 Å². The van der Waals surface area contributed by atoms with Crippen molar-refractivity contribution < 1.29 is 4.79 Å². The van der Waals surface area contributed by atoms with Gasteiger partial charge in [0.2, 0.25) is 0 Å². The van der Waals surface area contributed by atoms with Crippen molar-refractivity contribution in [3.8, 4) is 0 Å². The van der Waals surface area contributed by atoms with Gasteiger partial charge in [-0.3, -0.25) is 4.79 Å². The molecule has 0 spiro atoms. The molecule has 8 heavy (non-hydrogen) atoms. The fourth-order valence-electron chi connectivity index (χ4n) is 1.15. The van der Waals surface area contributed by atoms with Crippen LogP contribution in [-0.2, 0) is 4.79 Å². The summed E-state index contributed by atoms with van der Waals surface area (Å²) in [6, 6.07) is 0. The van der Waals surface area contributed by atoms with E-state index < -0.39 is 0 Å². The monoisotopic (exact) mass is 111 g/mol. The standard InChI is InChI=1S/C7H11O/c1-6(8)7-4-2-3-5-7/h2-5H2,1H3. The first-order chi connectivity index (χ1) is 3.80. The quantitative estimate of drug-likeness (QED) is 0.503. The maximum absolute atomic E-state index is 10.6. The van der Waals surface area contributed by atoms with Gasteiger partial charge in [0.1, 0.15) is 5.78 Å². The second-order valence-corrected chi connectivity index (χ2v) is 2.37. The van der Waals surface area contributed by atoms with Crippen LogP contribution in [0.4, 0.5) is 0 Å². The van der Waals surface area contributed by atoms with Crippen molar-refractivity contribution in [3.63, 3.8) is 0 Å². The Hall–Kier alpha value is -0.330. The SMILES string of the molecule is CC(=O)[C]1CCCC1. The number of rotatable bonds is 1. The molecule has 1 heteroatoms. The summed E-state index contributed by atoms with van der Waals surface area (Å²) in [5, 5.41) is 0. The molecule has 0 aromatic rings. The molecule has 1 aliphatic carbocycles. The third-order valence-corrected chi connectivity index (χ3v) is 1.70. The molecule has 45 valence electrons. The normalized spacial score (nSPS) is 21.6. The molecule has 1 radical (unpaired) electrons. The molecule has 0 aromatic carbocycles. The molecule has 0 atom stereocenters. The minimum absolute atomic E-state index is 0.308. The number of hydrogen-bond donors (Lipinski definition) is 0. The van der Waals surface area contributed by atoms with Gasteiger partial charge in [-0.25, -0.2) is 0 Å². The highest BCUT2D eigenvalue weighted by Crippen LogP contribution is 2.26. The molecule has 1 aliphatic rings. The lowest BCUT2D eigenvalue weighted by molar-refractivity contribution is -0.115. The van der Waals surface area contributed by atoms with Crippen LogP contribution in [0.2, 0.25) is 0 Å². The molecule has 0 heterocycles. The van der Waals surface area contributed by atoms with Gasteiger partial charge in [0.05, 0.1) is 0 Å². The zero-order chi connectivity index (χ0) is 5.98. The van der Waals surface area contributed by atoms with E-state index in [9.17, 15) is 4.79 Å². The van der Waals surface area contributed by atoms with Gasteiger partial charge in [-0.05, 0) is 19.8 Å². The van der Waals surface area contributed by atoms with Crippen LogP contribution in [-0.4, -0.2) is 5.78 Å². The predicted octanol–water partition coefficient (Wildman–Crippen LogP) is 1.72. The first kappa shape index (κ1) is 5.80. The van der Waals surface area contributed by atoms with Gasteiger partial charge in [0.15, 0.2) is 0 Å². The summed E-state index contributed by atoms with van der Waals surface area (Å²) in [6.07, 6.45) is 4.59. The predicted molar refractivity (Wildman–Crippen MR) is 32.4 cm³/mol. The lowest BCUT2D eigenvalue weighted by Crippen LogP contribution is -2.01. The van der Waals surface area contributed by atoms with Crippen LogP contribution in [0.5, 0.6) is 0 Å². The van der Waals surface area contributed by atoms with Crippen molar-refractivity contribution >= 4 is 5.78 Å². The Balaban J connectivity index is 2.35. The highest BCUT2D eigenvalue weighted by atomic mass is 16.1. The highest BCUT2D eigenvalue weighted by molar-refractivity contribution is 5.89. The molecule has 1 saturated carbocycles. The zero-order valence-corrected chi connectivity index (χ0v) is 5.24. The van der Waals surface area contributed by atoms with Crippen LogP contribution in [0.15, 0.2) is 0 Å². The fraction of sp³-hybridized carbons (Fsp3) is 0.714. The molecule has 1 fully saturated rings. The van der Waals surface area contributed by atoms with Gasteiger partial charge in [0, 0.05) is 5.92 Å². The number of carbonyl (C=O) groups excluding carboxylic acids is 1. The average Bonchev–Trinajstić information content (AvgIpc) is 2.12. The van der Waals surface area contributed by atoms with Crippen molar-refractivity contribution in [2.45, 2.75) is 32.6 Å². The Kier molecular flexibility index (Phi) is 1.66. The molecule has 0 unspecified atom stereocenters. The molecular weight excluding hydrogens is 100 g/mol. The molecule has 0 N–H and O–H groups in total. The molecule has 0 aliphatic heterocycles. The van der Waals surface area contributed by atoms with Crippen molar-refractivity contribution in [1.82, 2.24) is 0 Å². The third-order valence-electron chi connectivity index (χ3n) is 1.70. The van der Waals surface area contributed by atoms with E-state index in [1.54, 1.807) is 6.92 Å². The number of carbonyl (C=O) groups is 1. The highest BCUT2D eigenvalue weighted by Gasteiger charge is 2.18. The van der Waals surface area contributed by atoms with E-state index in [0.717, 1.165) is 18.8 Å². The second kappa shape index (κ2) is 2.29. The van der Waals surface area contributed by atoms with Crippen LogP contribution < -0.4 is 0 Å². The number of ketones is 1. The van der Waals surface area contributed by atoms with E-state index in [-0.39, 0.29) is 0 Å². The molecule has 1 nitrogen and oxygen atoms in total. The second-order valence-electron chi connectivity index (χ2n) is 2.37. The fourth-order valence-corrected chi connectivity index (χ4v) is 1.15. The summed E-state index contributed by atoms with van der Waals surface area (Å²) >= 11 is 0. The average molecular weight is 111 g/mol. The van der Waals surface area contributed by atoms with Crippen molar-refractivity contribution in [1.29, 1.82) is 0 Å². The molecule has 0 amide bonds. The van der Waals surface area contributed by atoms with Crippen LogP contribution in [0.25, 0.3) is 0 Å². The van der Waals surface area contributed by atoms with Gasteiger partial charge in [-0.1, -0.05) is 12.8 Å². The zero-order valence-electron chi connectivity index (χ0n) is 5.24. The van der Waals surface area contributed by atoms with Crippen LogP contribution >= 0.6 is 0 Å². The third kappa shape index (κ3) is 1.09. The summed E-state index contributed by atoms with van der Waals surface area (Å²) in [7, 11) is 0. The van der Waals surface area contributed by atoms with Crippen molar-refractivity contribution in [3.05, 3.63) is 5.92 Å². The number of Topliss-reactive ketones (excluding diaryl/α,β-unsaturated/α-hetero) is 1.